The SMILES string of the molecule is CCCCNC(=O)N(CCOC)CC(=O)N(Cc1ccccc1)Cc1cccn1C. The molecule has 0 atom stereocenters. The van der Waals surface area contributed by atoms with Gasteiger partial charge in [0.15, 0.2) is 0 Å². The lowest BCUT2D eigenvalue weighted by molar-refractivity contribution is -0.133. The molecular weight excluding hydrogens is 380 g/mol. The summed E-state index contributed by atoms with van der Waals surface area (Å²) in [5.74, 6) is -0.0956. The van der Waals surface area contributed by atoms with Crippen molar-refractivity contribution in [2.45, 2.75) is 32.9 Å². The summed E-state index contributed by atoms with van der Waals surface area (Å²) < 4.78 is 7.14. The molecule has 0 fully saturated rings. The van der Waals surface area contributed by atoms with Crippen molar-refractivity contribution in [3.63, 3.8) is 0 Å². The van der Waals surface area contributed by atoms with Crippen LogP contribution in [0.5, 0.6) is 0 Å². The van der Waals surface area contributed by atoms with Gasteiger partial charge in [0.25, 0.3) is 0 Å². The van der Waals surface area contributed by atoms with Gasteiger partial charge in [-0.25, -0.2) is 4.79 Å². The minimum atomic E-state index is -0.229. The molecule has 2 rings (SSSR count). The van der Waals surface area contributed by atoms with Gasteiger partial charge in [-0.1, -0.05) is 43.7 Å². The lowest BCUT2D eigenvalue weighted by Gasteiger charge is -2.28. The van der Waals surface area contributed by atoms with Crippen molar-refractivity contribution in [3.05, 3.63) is 59.9 Å². The Hall–Kier alpha value is -2.80. The molecule has 1 N–H and O–H groups in total. The van der Waals surface area contributed by atoms with Crippen LogP contribution in [0.4, 0.5) is 4.79 Å². The summed E-state index contributed by atoms with van der Waals surface area (Å²) in [5, 5.41) is 2.90. The Morgan fingerprint density at radius 2 is 1.83 bits per heavy atom. The normalized spacial score (nSPS) is 10.6. The fourth-order valence-corrected chi connectivity index (χ4v) is 3.09. The summed E-state index contributed by atoms with van der Waals surface area (Å²) in [5.41, 5.74) is 2.09. The van der Waals surface area contributed by atoms with Crippen molar-refractivity contribution < 1.29 is 14.3 Å². The van der Waals surface area contributed by atoms with Crippen LogP contribution in [0.1, 0.15) is 31.0 Å². The molecule has 0 aliphatic heterocycles. The predicted molar refractivity (Wildman–Crippen MR) is 118 cm³/mol. The van der Waals surface area contributed by atoms with E-state index in [9.17, 15) is 9.59 Å². The lowest BCUT2D eigenvalue weighted by Crippen LogP contribution is -2.47. The second-order valence-electron chi connectivity index (χ2n) is 7.35. The van der Waals surface area contributed by atoms with E-state index in [0.29, 0.717) is 32.8 Å². The molecule has 0 saturated heterocycles. The van der Waals surface area contributed by atoms with E-state index in [2.05, 4.69) is 12.2 Å². The van der Waals surface area contributed by atoms with Gasteiger partial charge >= 0.3 is 6.03 Å². The van der Waals surface area contributed by atoms with E-state index in [4.69, 9.17) is 4.74 Å². The first-order chi connectivity index (χ1) is 14.5. The van der Waals surface area contributed by atoms with Crippen LogP contribution in [0, 0.1) is 0 Å². The number of carbonyl (C=O) groups is 2. The maximum absolute atomic E-state index is 13.2. The molecule has 0 unspecified atom stereocenters. The fourth-order valence-electron chi connectivity index (χ4n) is 3.09. The molecule has 0 radical (unpaired) electrons. The Balaban J connectivity index is 2.12. The van der Waals surface area contributed by atoms with Crippen molar-refractivity contribution in [1.82, 2.24) is 19.7 Å². The first-order valence-electron chi connectivity index (χ1n) is 10.5. The second-order valence-corrected chi connectivity index (χ2v) is 7.35. The third-order valence-corrected chi connectivity index (χ3v) is 4.96. The first kappa shape index (κ1) is 23.5. The predicted octanol–water partition coefficient (Wildman–Crippen LogP) is 3.01. The van der Waals surface area contributed by atoms with Crippen molar-refractivity contribution in [2.24, 2.45) is 7.05 Å². The smallest absolute Gasteiger partial charge is 0.317 e. The zero-order chi connectivity index (χ0) is 21.8. The second kappa shape index (κ2) is 12.7. The molecule has 0 bridgehead atoms. The topological polar surface area (TPSA) is 66.8 Å². The average molecular weight is 415 g/mol. The number of aromatic nitrogens is 1. The third-order valence-electron chi connectivity index (χ3n) is 4.96. The summed E-state index contributed by atoms with van der Waals surface area (Å²) in [6, 6.07) is 13.6. The molecule has 7 heteroatoms. The van der Waals surface area contributed by atoms with Crippen molar-refractivity contribution in [3.8, 4) is 0 Å². The highest BCUT2D eigenvalue weighted by Crippen LogP contribution is 2.11. The molecule has 0 saturated carbocycles. The molecule has 164 valence electrons. The third kappa shape index (κ3) is 7.55. The lowest BCUT2D eigenvalue weighted by atomic mass is 10.2. The van der Waals surface area contributed by atoms with E-state index in [0.717, 1.165) is 24.1 Å². The number of hydrogen-bond donors (Lipinski definition) is 1. The van der Waals surface area contributed by atoms with Crippen molar-refractivity contribution in [1.29, 1.82) is 0 Å². The van der Waals surface area contributed by atoms with Gasteiger partial charge in [-0.15, -0.1) is 0 Å². The van der Waals surface area contributed by atoms with E-state index >= 15 is 0 Å². The number of unbranched alkanes of at least 4 members (excludes halogenated alkanes) is 1. The largest absolute Gasteiger partial charge is 0.383 e. The zero-order valence-corrected chi connectivity index (χ0v) is 18.3. The van der Waals surface area contributed by atoms with Crippen molar-refractivity contribution in [2.75, 3.05) is 33.4 Å². The number of carbonyl (C=O) groups excluding carboxylic acids is 2. The maximum atomic E-state index is 13.2. The van der Waals surface area contributed by atoms with Crippen LogP contribution >= 0.6 is 0 Å². The van der Waals surface area contributed by atoms with E-state index < -0.39 is 0 Å². The molecule has 0 spiro atoms. The number of urea groups is 1. The van der Waals surface area contributed by atoms with Gasteiger partial charge in [0, 0.05) is 45.7 Å². The molecule has 1 heterocycles. The minimum absolute atomic E-state index is 0.0125. The minimum Gasteiger partial charge on any atom is -0.383 e. The quantitative estimate of drug-likeness (QED) is 0.543. The molecule has 3 amide bonds. The summed E-state index contributed by atoms with van der Waals surface area (Å²) in [6.07, 6.45) is 3.87. The number of nitrogens with zero attached hydrogens (tertiary/aromatic N) is 3. The Kier molecular flexibility index (Phi) is 9.94. The van der Waals surface area contributed by atoms with Gasteiger partial charge < -0.3 is 24.4 Å². The highest BCUT2D eigenvalue weighted by Gasteiger charge is 2.22. The molecule has 1 aromatic carbocycles. The Morgan fingerprint density at radius 1 is 1.07 bits per heavy atom. The maximum Gasteiger partial charge on any atom is 0.317 e. The van der Waals surface area contributed by atoms with E-state index in [1.54, 1.807) is 12.0 Å². The van der Waals surface area contributed by atoms with Gasteiger partial charge in [-0.2, -0.15) is 0 Å². The Bertz CT molecular complexity index is 776. The number of benzene rings is 1. The van der Waals surface area contributed by atoms with Gasteiger partial charge in [0.1, 0.15) is 6.54 Å². The van der Waals surface area contributed by atoms with E-state index in [-0.39, 0.29) is 18.5 Å². The Morgan fingerprint density at radius 3 is 2.47 bits per heavy atom. The number of nitrogens with one attached hydrogen (secondary N) is 1. The van der Waals surface area contributed by atoms with Crippen LogP contribution in [-0.2, 0) is 29.7 Å². The molecule has 30 heavy (non-hydrogen) atoms. The van der Waals surface area contributed by atoms with Crippen molar-refractivity contribution >= 4 is 11.9 Å². The highest BCUT2D eigenvalue weighted by atomic mass is 16.5. The van der Waals surface area contributed by atoms with Crippen LogP contribution < -0.4 is 5.32 Å². The van der Waals surface area contributed by atoms with Gasteiger partial charge in [0.05, 0.1) is 13.2 Å². The number of aryl methyl sites for hydroxylation is 1. The summed E-state index contributed by atoms with van der Waals surface area (Å²) in [6.45, 7) is 4.40. The van der Waals surface area contributed by atoms with Gasteiger partial charge in [-0.3, -0.25) is 4.79 Å². The fraction of sp³-hybridized carbons (Fsp3) is 0.478. The number of hydrogen-bond acceptors (Lipinski definition) is 3. The van der Waals surface area contributed by atoms with Crippen LogP contribution in [0.2, 0.25) is 0 Å². The molecule has 7 nitrogen and oxygen atoms in total. The molecule has 1 aromatic heterocycles. The molecule has 0 aliphatic carbocycles. The summed E-state index contributed by atoms with van der Waals surface area (Å²) in [7, 11) is 3.55. The average Bonchev–Trinajstić information content (AvgIpc) is 3.15. The standard InChI is InChI=1S/C23H34N4O3/c1-4-5-13-24-23(29)26(15-16-30-3)19-22(28)27(17-20-10-7-6-8-11-20)18-21-12-9-14-25(21)2/h6-12,14H,4-5,13,15-19H2,1-3H3,(H,24,29). The van der Waals surface area contributed by atoms with Crippen LogP contribution in [0.3, 0.4) is 0 Å². The highest BCUT2D eigenvalue weighted by molar-refractivity contribution is 5.84. The van der Waals surface area contributed by atoms with Crippen LogP contribution in [0.25, 0.3) is 0 Å². The number of amides is 3. The number of ether oxygens (including phenoxy) is 1. The number of rotatable bonds is 12. The number of methoxy groups -OCH3 is 1. The summed E-state index contributed by atoms with van der Waals surface area (Å²) >= 11 is 0. The van der Waals surface area contributed by atoms with Gasteiger partial charge in [0.2, 0.25) is 5.91 Å². The first-order valence-corrected chi connectivity index (χ1v) is 10.5. The van der Waals surface area contributed by atoms with E-state index in [1.165, 1.54) is 4.90 Å². The monoisotopic (exact) mass is 414 g/mol. The molecule has 0 aliphatic rings. The molecular formula is C23H34N4O3. The summed E-state index contributed by atoms with van der Waals surface area (Å²) in [4.78, 5) is 29.2. The van der Waals surface area contributed by atoms with Crippen LogP contribution in [-0.4, -0.2) is 59.7 Å². The zero-order valence-electron chi connectivity index (χ0n) is 18.3. The van der Waals surface area contributed by atoms with E-state index in [1.807, 2.05) is 60.3 Å². The Labute approximate surface area is 179 Å². The van der Waals surface area contributed by atoms with Crippen LogP contribution in [0.15, 0.2) is 48.7 Å². The molecule has 2 aromatic rings. The van der Waals surface area contributed by atoms with Gasteiger partial charge in [-0.05, 0) is 24.1 Å².